The molecule has 1 aliphatic heterocycles. The van der Waals surface area contributed by atoms with Crippen LogP contribution in [0.4, 0.5) is 13.2 Å². The highest BCUT2D eigenvalue weighted by atomic mass is 19.4. The van der Waals surface area contributed by atoms with E-state index in [2.05, 4.69) is 0 Å². The zero-order valence-corrected chi connectivity index (χ0v) is 10.7. The van der Waals surface area contributed by atoms with Gasteiger partial charge in [-0.2, -0.15) is 13.2 Å². The first-order chi connectivity index (χ1) is 8.93. The molecule has 104 valence electrons. The fraction of sp³-hybridized carbons (Fsp3) is 0.500. The van der Waals surface area contributed by atoms with Crippen LogP contribution in [0.1, 0.15) is 23.5 Å². The summed E-state index contributed by atoms with van der Waals surface area (Å²) in [5.41, 5.74) is -0.591. The summed E-state index contributed by atoms with van der Waals surface area (Å²) in [6.45, 7) is 1.48. The molecule has 0 aromatic heterocycles. The van der Waals surface area contributed by atoms with Crippen LogP contribution in [0.15, 0.2) is 24.3 Å². The molecule has 2 unspecified atom stereocenters. The monoisotopic (exact) mass is 271 g/mol. The molecule has 0 amide bonds. The molecule has 0 aliphatic carbocycles. The van der Waals surface area contributed by atoms with Gasteiger partial charge < -0.3 is 9.69 Å². The van der Waals surface area contributed by atoms with Crippen molar-refractivity contribution in [2.75, 3.05) is 20.1 Å². The number of carbonyl (C=O) groups is 1. The number of rotatable bonds is 3. The molecule has 0 spiro atoms. The Morgan fingerprint density at radius 3 is 2.58 bits per heavy atom. The van der Waals surface area contributed by atoms with Gasteiger partial charge in [0.2, 0.25) is 0 Å². The molecule has 1 heterocycles. The van der Waals surface area contributed by atoms with Crippen LogP contribution in [-0.4, -0.2) is 31.3 Å². The van der Waals surface area contributed by atoms with E-state index in [-0.39, 0.29) is 11.5 Å². The van der Waals surface area contributed by atoms with Gasteiger partial charge in [-0.25, -0.2) is 0 Å². The van der Waals surface area contributed by atoms with E-state index in [0.717, 1.165) is 19.0 Å². The number of nitrogens with zero attached hydrogens (tertiary/aromatic N) is 1. The number of alkyl halides is 3. The van der Waals surface area contributed by atoms with Crippen molar-refractivity contribution >= 4 is 6.29 Å². The number of hydrogen-bond acceptors (Lipinski definition) is 2. The zero-order valence-electron chi connectivity index (χ0n) is 10.7. The van der Waals surface area contributed by atoms with Gasteiger partial charge in [-0.05, 0) is 37.6 Å². The maximum absolute atomic E-state index is 13.0. The number of carbonyl (C=O) groups excluding carboxylic acids is 1. The highest BCUT2D eigenvalue weighted by Gasteiger charge is 2.37. The summed E-state index contributed by atoms with van der Waals surface area (Å²) in [6, 6.07) is 5.37. The summed E-state index contributed by atoms with van der Waals surface area (Å²) in [5, 5.41) is 0. The van der Waals surface area contributed by atoms with Gasteiger partial charge in [-0.15, -0.1) is 0 Å². The SMILES string of the molecule is CN1CCC(C(C=O)c2ccccc2C(F)(F)F)C1. The highest BCUT2D eigenvalue weighted by Crippen LogP contribution is 2.38. The Kier molecular flexibility index (Phi) is 3.94. The highest BCUT2D eigenvalue weighted by molar-refractivity contribution is 5.64. The predicted molar refractivity (Wildman–Crippen MR) is 65.9 cm³/mol. The van der Waals surface area contributed by atoms with Gasteiger partial charge in [0.05, 0.1) is 5.56 Å². The lowest BCUT2D eigenvalue weighted by Crippen LogP contribution is -2.22. The molecule has 19 heavy (non-hydrogen) atoms. The predicted octanol–water partition coefficient (Wildman–Crippen LogP) is 2.94. The Morgan fingerprint density at radius 1 is 1.37 bits per heavy atom. The Labute approximate surface area is 110 Å². The van der Waals surface area contributed by atoms with Crippen LogP contribution < -0.4 is 0 Å². The summed E-state index contributed by atoms with van der Waals surface area (Å²) in [6.07, 6.45) is -3.00. The van der Waals surface area contributed by atoms with Crippen LogP contribution in [0.2, 0.25) is 0 Å². The first kappa shape index (κ1) is 14.1. The average molecular weight is 271 g/mol. The van der Waals surface area contributed by atoms with Crippen LogP contribution in [-0.2, 0) is 11.0 Å². The van der Waals surface area contributed by atoms with Crippen molar-refractivity contribution in [2.45, 2.75) is 18.5 Å². The van der Waals surface area contributed by atoms with E-state index in [0.29, 0.717) is 12.8 Å². The smallest absolute Gasteiger partial charge is 0.306 e. The largest absolute Gasteiger partial charge is 0.416 e. The van der Waals surface area contributed by atoms with Crippen LogP contribution in [0.5, 0.6) is 0 Å². The second-order valence-corrected chi connectivity index (χ2v) is 5.06. The normalized spacial score (nSPS) is 22.4. The number of likely N-dealkylation sites (tertiary alicyclic amines) is 1. The summed E-state index contributed by atoms with van der Waals surface area (Å²) in [4.78, 5) is 13.3. The van der Waals surface area contributed by atoms with E-state index in [1.807, 2.05) is 11.9 Å². The third kappa shape index (κ3) is 2.97. The zero-order chi connectivity index (χ0) is 14.0. The third-order valence-corrected chi connectivity index (χ3v) is 3.71. The lowest BCUT2D eigenvalue weighted by atomic mass is 9.84. The molecule has 0 radical (unpaired) electrons. The summed E-state index contributed by atoms with van der Waals surface area (Å²) in [7, 11) is 1.91. The van der Waals surface area contributed by atoms with Crippen LogP contribution in [0, 0.1) is 5.92 Å². The summed E-state index contributed by atoms with van der Waals surface area (Å²) >= 11 is 0. The summed E-state index contributed by atoms with van der Waals surface area (Å²) < 4.78 is 38.9. The van der Waals surface area contributed by atoms with Crippen molar-refractivity contribution in [1.82, 2.24) is 4.90 Å². The quantitative estimate of drug-likeness (QED) is 0.788. The Bertz CT molecular complexity index is 458. The van der Waals surface area contributed by atoms with Crippen molar-refractivity contribution < 1.29 is 18.0 Å². The maximum atomic E-state index is 13.0. The molecule has 2 rings (SSSR count). The molecule has 1 aliphatic rings. The molecular weight excluding hydrogens is 255 g/mol. The van der Waals surface area contributed by atoms with E-state index in [4.69, 9.17) is 0 Å². The molecule has 1 aromatic carbocycles. The minimum Gasteiger partial charge on any atom is -0.306 e. The Balaban J connectivity index is 2.36. The Morgan fingerprint density at radius 2 is 2.05 bits per heavy atom. The molecule has 0 saturated carbocycles. The van der Waals surface area contributed by atoms with Gasteiger partial charge in [0.25, 0.3) is 0 Å². The second-order valence-electron chi connectivity index (χ2n) is 5.06. The lowest BCUT2D eigenvalue weighted by molar-refractivity contribution is -0.138. The molecule has 5 heteroatoms. The van der Waals surface area contributed by atoms with Gasteiger partial charge in [-0.1, -0.05) is 18.2 Å². The van der Waals surface area contributed by atoms with Gasteiger partial charge in [-0.3, -0.25) is 0 Å². The molecular formula is C14H16F3NO. The van der Waals surface area contributed by atoms with Gasteiger partial charge >= 0.3 is 6.18 Å². The second kappa shape index (κ2) is 5.33. The number of hydrogen-bond donors (Lipinski definition) is 0. The van der Waals surface area contributed by atoms with E-state index < -0.39 is 17.7 Å². The summed E-state index contributed by atoms with van der Waals surface area (Å²) in [5.74, 6) is -0.714. The molecule has 1 fully saturated rings. The van der Waals surface area contributed by atoms with Gasteiger partial charge in [0, 0.05) is 12.5 Å². The maximum Gasteiger partial charge on any atom is 0.416 e. The van der Waals surface area contributed by atoms with E-state index in [9.17, 15) is 18.0 Å². The molecule has 2 nitrogen and oxygen atoms in total. The number of aldehydes is 1. The first-order valence-corrected chi connectivity index (χ1v) is 6.23. The van der Waals surface area contributed by atoms with Crippen molar-refractivity contribution in [1.29, 1.82) is 0 Å². The van der Waals surface area contributed by atoms with E-state index >= 15 is 0 Å². The molecule has 0 bridgehead atoms. The number of benzene rings is 1. The average Bonchev–Trinajstić information content (AvgIpc) is 2.76. The first-order valence-electron chi connectivity index (χ1n) is 6.23. The minimum atomic E-state index is -4.41. The van der Waals surface area contributed by atoms with Crippen LogP contribution in [0.25, 0.3) is 0 Å². The molecule has 1 aromatic rings. The number of halogens is 3. The standard InChI is InChI=1S/C14H16F3NO/c1-18-7-6-10(8-18)12(9-19)11-4-2-3-5-13(11)14(15,16)17/h2-5,9-10,12H,6-8H2,1H3. The van der Waals surface area contributed by atoms with Crippen LogP contribution in [0.3, 0.4) is 0 Å². The van der Waals surface area contributed by atoms with Gasteiger partial charge in [0.15, 0.2) is 0 Å². The molecule has 0 N–H and O–H groups in total. The molecule has 1 saturated heterocycles. The van der Waals surface area contributed by atoms with E-state index in [1.54, 1.807) is 6.07 Å². The van der Waals surface area contributed by atoms with E-state index in [1.165, 1.54) is 12.1 Å². The fourth-order valence-corrected chi connectivity index (χ4v) is 2.75. The van der Waals surface area contributed by atoms with Crippen molar-refractivity contribution in [2.24, 2.45) is 5.92 Å². The third-order valence-electron chi connectivity index (χ3n) is 3.71. The minimum absolute atomic E-state index is 0.0361. The Hall–Kier alpha value is -1.36. The fourth-order valence-electron chi connectivity index (χ4n) is 2.75. The van der Waals surface area contributed by atoms with Gasteiger partial charge in [0.1, 0.15) is 6.29 Å². The lowest BCUT2D eigenvalue weighted by Gasteiger charge is -2.22. The molecule has 2 atom stereocenters. The topological polar surface area (TPSA) is 20.3 Å². The van der Waals surface area contributed by atoms with Crippen molar-refractivity contribution in [3.05, 3.63) is 35.4 Å². The van der Waals surface area contributed by atoms with Crippen molar-refractivity contribution in [3.63, 3.8) is 0 Å². The van der Waals surface area contributed by atoms with Crippen molar-refractivity contribution in [3.8, 4) is 0 Å². The van der Waals surface area contributed by atoms with Crippen LogP contribution >= 0.6 is 0 Å².